The number of aryl methyl sites for hydroxylation is 1. The first-order chi connectivity index (χ1) is 15.9. The van der Waals surface area contributed by atoms with E-state index in [0.717, 1.165) is 29.7 Å². The molecule has 33 heavy (non-hydrogen) atoms. The minimum absolute atomic E-state index is 0.0109. The first-order valence-corrected chi connectivity index (χ1v) is 12.2. The zero-order chi connectivity index (χ0) is 24.2. The Labute approximate surface area is 199 Å². The van der Waals surface area contributed by atoms with Gasteiger partial charge in [-0.2, -0.15) is 0 Å². The van der Waals surface area contributed by atoms with E-state index in [-0.39, 0.29) is 11.8 Å². The number of amides is 2. The van der Waals surface area contributed by atoms with Crippen LogP contribution in [0.2, 0.25) is 0 Å². The van der Waals surface area contributed by atoms with Gasteiger partial charge in [-0.15, -0.1) is 0 Å². The average molecular weight is 453 g/mol. The predicted molar refractivity (Wildman–Crippen MR) is 134 cm³/mol. The number of benzene rings is 2. The van der Waals surface area contributed by atoms with Crippen molar-refractivity contribution in [2.45, 2.75) is 78.3 Å². The Morgan fingerprint density at radius 1 is 1.03 bits per heavy atom. The molecule has 2 rings (SSSR count). The number of nitrogens with one attached hydrogen (secondary N) is 1. The Balaban J connectivity index is 2.18. The fourth-order valence-electron chi connectivity index (χ4n) is 3.86. The second-order valence-electron chi connectivity index (χ2n) is 8.84. The van der Waals surface area contributed by atoms with Gasteiger partial charge < -0.3 is 15.0 Å². The average Bonchev–Trinajstić information content (AvgIpc) is 2.83. The molecular formula is C28H40N2O3. The van der Waals surface area contributed by atoms with E-state index in [9.17, 15) is 9.59 Å². The number of carbonyl (C=O) groups is 2. The van der Waals surface area contributed by atoms with Gasteiger partial charge in [-0.25, -0.2) is 0 Å². The van der Waals surface area contributed by atoms with Crippen LogP contribution >= 0.6 is 0 Å². The van der Waals surface area contributed by atoms with Gasteiger partial charge in [-0.1, -0.05) is 70.5 Å². The molecule has 2 aromatic carbocycles. The van der Waals surface area contributed by atoms with E-state index in [1.165, 1.54) is 5.56 Å². The fourth-order valence-corrected chi connectivity index (χ4v) is 3.86. The van der Waals surface area contributed by atoms with Crippen LogP contribution in [0.3, 0.4) is 0 Å². The highest BCUT2D eigenvalue weighted by Crippen LogP contribution is 2.20. The Bertz CT molecular complexity index is 877. The molecule has 180 valence electrons. The minimum Gasteiger partial charge on any atom is -0.497 e. The summed E-state index contributed by atoms with van der Waals surface area (Å²) in [5, 5.41) is 3.01. The Hall–Kier alpha value is -2.82. The highest BCUT2D eigenvalue weighted by Gasteiger charge is 2.28. The minimum atomic E-state index is -0.496. The summed E-state index contributed by atoms with van der Waals surface area (Å²) in [5.74, 6) is 1.13. The maximum atomic E-state index is 13.4. The SMILES string of the molecule is CCCCNC(=O)C(CC)N(Cc1cccc(OC)c1)C(=O)CCc1ccc(C(C)C)cc1. The van der Waals surface area contributed by atoms with E-state index in [0.29, 0.717) is 38.3 Å². The molecule has 5 heteroatoms. The summed E-state index contributed by atoms with van der Waals surface area (Å²) in [5.41, 5.74) is 3.37. The molecule has 0 saturated carbocycles. The summed E-state index contributed by atoms with van der Waals surface area (Å²) in [4.78, 5) is 28.1. The van der Waals surface area contributed by atoms with Gasteiger partial charge in [-0.3, -0.25) is 9.59 Å². The lowest BCUT2D eigenvalue weighted by molar-refractivity contribution is -0.141. The van der Waals surface area contributed by atoms with Crippen molar-refractivity contribution in [2.75, 3.05) is 13.7 Å². The van der Waals surface area contributed by atoms with Crippen LogP contribution in [0.4, 0.5) is 0 Å². The molecule has 0 radical (unpaired) electrons. The maximum Gasteiger partial charge on any atom is 0.242 e. The van der Waals surface area contributed by atoms with Crippen LogP contribution in [0.1, 0.15) is 76.0 Å². The molecular weight excluding hydrogens is 412 g/mol. The van der Waals surface area contributed by atoms with Gasteiger partial charge in [-0.05, 0) is 54.0 Å². The molecule has 0 fully saturated rings. The topological polar surface area (TPSA) is 58.6 Å². The van der Waals surface area contributed by atoms with Crippen molar-refractivity contribution in [2.24, 2.45) is 0 Å². The molecule has 1 unspecified atom stereocenters. The first-order valence-electron chi connectivity index (χ1n) is 12.2. The van der Waals surface area contributed by atoms with Crippen molar-refractivity contribution in [3.05, 3.63) is 65.2 Å². The fraction of sp³-hybridized carbons (Fsp3) is 0.500. The molecule has 2 aromatic rings. The molecule has 0 bridgehead atoms. The van der Waals surface area contributed by atoms with Crippen LogP contribution in [0.15, 0.2) is 48.5 Å². The summed E-state index contributed by atoms with van der Waals surface area (Å²) >= 11 is 0. The van der Waals surface area contributed by atoms with Gasteiger partial charge in [0.25, 0.3) is 0 Å². The zero-order valence-electron chi connectivity index (χ0n) is 20.9. The molecule has 1 N–H and O–H groups in total. The number of rotatable bonds is 13. The van der Waals surface area contributed by atoms with Gasteiger partial charge in [0.2, 0.25) is 11.8 Å². The van der Waals surface area contributed by atoms with Crippen molar-refractivity contribution < 1.29 is 14.3 Å². The number of hydrogen-bond acceptors (Lipinski definition) is 3. The molecule has 5 nitrogen and oxygen atoms in total. The van der Waals surface area contributed by atoms with Crippen molar-refractivity contribution in [1.29, 1.82) is 0 Å². The maximum absolute atomic E-state index is 13.4. The molecule has 0 aliphatic heterocycles. The zero-order valence-corrected chi connectivity index (χ0v) is 20.9. The number of carbonyl (C=O) groups excluding carboxylic acids is 2. The summed E-state index contributed by atoms with van der Waals surface area (Å²) in [6, 6.07) is 15.7. The Morgan fingerprint density at radius 2 is 1.76 bits per heavy atom. The summed E-state index contributed by atoms with van der Waals surface area (Å²) in [6.45, 7) is 9.41. The molecule has 1 atom stereocenters. The first kappa shape index (κ1) is 26.4. The van der Waals surface area contributed by atoms with Crippen molar-refractivity contribution >= 4 is 11.8 Å². The van der Waals surface area contributed by atoms with Gasteiger partial charge in [0, 0.05) is 19.5 Å². The normalized spacial score (nSPS) is 11.8. The van der Waals surface area contributed by atoms with Crippen LogP contribution < -0.4 is 10.1 Å². The van der Waals surface area contributed by atoms with Crippen LogP contribution in [0.25, 0.3) is 0 Å². The summed E-state index contributed by atoms with van der Waals surface area (Å²) in [6.07, 6.45) is 3.53. The lowest BCUT2D eigenvalue weighted by atomic mass is 10.00. The Kier molecular flexibility index (Phi) is 10.9. The van der Waals surface area contributed by atoms with E-state index < -0.39 is 6.04 Å². The molecule has 0 aromatic heterocycles. The molecule has 0 aliphatic carbocycles. The smallest absolute Gasteiger partial charge is 0.242 e. The number of unbranched alkanes of at least 4 members (excludes halogenated alkanes) is 1. The van der Waals surface area contributed by atoms with Crippen molar-refractivity contribution in [3.63, 3.8) is 0 Å². The van der Waals surface area contributed by atoms with E-state index in [1.54, 1.807) is 12.0 Å². The second-order valence-corrected chi connectivity index (χ2v) is 8.84. The quantitative estimate of drug-likeness (QED) is 0.410. The van der Waals surface area contributed by atoms with Crippen molar-refractivity contribution in [1.82, 2.24) is 10.2 Å². The number of methoxy groups -OCH3 is 1. The van der Waals surface area contributed by atoms with Crippen molar-refractivity contribution in [3.8, 4) is 5.75 Å². The van der Waals surface area contributed by atoms with E-state index >= 15 is 0 Å². The van der Waals surface area contributed by atoms with E-state index in [4.69, 9.17) is 4.74 Å². The molecule has 0 heterocycles. The van der Waals surface area contributed by atoms with Crippen LogP contribution in [-0.4, -0.2) is 36.4 Å². The number of ether oxygens (including phenoxy) is 1. The van der Waals surface area contributed by atoms with Gasteiger partial charge in [0.05, 0.1) is 7.11 Å². The lowest BCUT2D eigenvalue weighted by Crippen LogP contribution is -2.49. The molecule has 2 amide bonds. The highest BCUT2D eigenvalue weighted by atomic mass is 16.5. The van der Waals surface area contributed by atoms with Crippen LogP contribution in [-0.2, 0) is 22.6 Å². The second kappa shape index (κ2) is 13.7. The number of hydrogen-bond donors (Lipinski definition) is 1. The standard InChI is InChI=1S/C28H40N2O3/c1-6-8-18-29-28(32)26(7-2)30(20-23-10-9-11-25(19-23)33-5)27(31)17-14-22-12-15-24(16-13-22)21(3)4/h9-13,15-16,19,21,26H,6-8,14,17-18,20H2,1-5H3,(H,29,32). The summed E-state index contributed by atoms with van der Waals surface area (Å²) in [7, 11) is 1.63. The molecule has 0 saturated heterocycles. The highest BCUT2D eigenvalue weighted by molar-refractivity contribution is 5.87. The largest absolute Gasteiger partial charge is 0.497 e. The molecule has 0 spiro atoms. The third kappa shape index (κ3) is 8.23. The Morgan fingerprint density at radius 3 is 2.36 bits per heavy atom. The van der Waals surface area contributed by atoms with Crippen LogP contribution in [0.5, 0.6) is 5.75 Å². The summed E-state index contributed by atoms with van der Waals surface area (Å²) < 4.78 is 5.35. The van der Waals surface area contributed by atoms with Crippen LogP contribution in [0, 0.1) is 0 Å². The number of nitrogens with zero attached hydrogens (tertiary/aromatic N) is 1. The van der Waals surface area contributed by atoms with Gasteiger partial charge in [0.15, 0.2) is 0 Å². The lowest BCUT2D eigenvalue weighted by Gasteiger charge is -2.31. The van der Waals surface area contributed by atoms with Gasteiger partial charge in [0.1, 0.15) is 11.8 Å². The molecule has 0 aliphatic rings. The monoisotopic (exact) mass is 452 g/mol. The van der Waals surface area contributed by atoms with E-state index in [1.807, 2.05) is 31.2 Å². The van der Waals surface area contributed by atoms with Gasteiger partial charge >= 0.3 is 0 Å². The third-order valence-corrected chi connectivity index (χ3v) is 5.98. The predicted octanol–water partition coefficient (Wildman–Crippen LogP) is 5.47. The van der Waals surface area contributed by atoms with E-state index in [2.05, 4.69) is 50.4 Å². The third-order valence-electron chi connectivity index (χ3n) is 5.98.